The third-order valence-corrected chi connectivity index (χ3v) is 2.27. The molecule has 17 heavy (non-hydrogen) atoms. The summed E-state index contributed by atoms with van der Waals surface area (Å²) in [7, 11) is 0. The summed E-state index contributed by atoms with van der Waals surface area (Å²) in [5.74, 6) is 0.470. The minimum absolute atomic E-state index is 0.355. The Morgan fingerprint density at radius 2 is 1.53 bits per heavy atom. The third-order valence-electron chi connectivity index (χ3n) is 2.27. The lowest BCUT2D eigenvalue weighted by atomic mass is 10.0. The lowest BCUT2D eigenvalue weighted by Crippen LogP contribution is -2.32. The molecule has 0 radical (unpaired) electrons. The fourth-order valence-corrected chi connectivity index (χ4v) is 1.41. The molecule has 2 atom stereocenters. The number of rotatable bonds is 9. The predicted octanol–water partition coefficient (Wildman–Crippen LogP) is 1.99. The van der Waals surface area contributed by atoms with Crippen LogP contribution in [0.3, 0.4) is 0 Å². The fraction of sp³-hybridized carbons (Fsp3) is 1.00. The van der Waals surface area contributed by atoms with E-state index in [1.54, 1.807) is 0 Å². The van der Waals surface area contributed by atoms with Gasteiger partial charge in [0, 0.05) is 0 Å². The van der Waals surface area contributed by atoms with Crippen LogP contribution in [-0.2, 0) is 9.68 Å². The molecule has 8 nitrogen and oxygen atoms in total. The first-order valence-electron chi connectivity index (χ1n) is 5.45. The topological polar surface area (TPSA) is 105 Å². The summed E-state index contributed by atoms with van der Waals surface area (Å²) >= 11 is 0. The van der Waals surface area contributed by atoms with Crippen LogP contribution in [0.4, 0.5) is 0 Å². The first-order valence-corrected chi connectivity index (χ1v) is 5.45. The Bertz CT molecular complexity index is 258. The zero-order valence-electron chi connectivity index (χ0n) is 10.2. The maximum absolute atomic E-state index is 10.3. The number of hydrogen-bond donors (Lipinski definition) is 0. The number of nitrogens with zero attached hydrogens (tertiary/aromatic N) is 2. The van der Waals surface area contributed by atoms with Crippen LogP contribution in [0.15, 0.2) is 0 Å². The van der Waals surface area contributed by atoms with Gasteiger partial charge in [0.25, 0.3) is 10.2 Å². The molecule has 0 N–H and O–H groups in total. The largest absolute Gasteiger partial charge is 0.309 e. The summed E-state index contributed by atoms with van der Waals surface area (Å²) in [5.41, 5.74) is 0. The second-order valence-corrected chi connectivity index (χ2v) is 4.23. The van der Waals surface area contributed by atoms with Gasteiger partial charge in [-0.2, -0.15) is 0 Å². The van der Waals surface area contributed by atoms with Gasteiger partial charge in [0.15, 0.2) is 0 Å². The fourth-order valence-electron chi connectivity index (χ4n) is 1.41. The van der Waals surface area contributed by atoms with Gasteiger partial charge >= 0.3 is 0 Å². The van der Waals surface area contributed by atoms with Crippen molar-refractivity contribution in [2.45, 2.75) is 52.2 Å². The molecular weight excluding hydrogens is 232 g/mol. The third kappa shape index (κ3) is 8.23. The van der Waals surface area contributed by atoms with Gasteiger partial charge in [-0.05, 0) is 19.3 Å². The van der Waals surface area contributed by atoms with Crippen molar-refractivity contribution in [2.75, 3.05) is 0 Å². The van der Waals surface area contributed by atoms with Crippen molar-refractivity contribution in [1.82, 2.24) is 0 Å². The van der Waals surface area contributed by atoms with Crippen molar-refractivity contribution in [2.24, 2.45) is 5.92 Å². The normalized spacial score (nSPS) is 14.1. The maximum atomic E-state index is 10.3. The Hall–Kier alpha value is -1.60. The first-order chi connectivity index (χ1) is 7.82. The summed E-state index contributed by atoms with van der Waals surface area (Å²) in [6, 6.07) is 0. The Balaban J connectivity index is 4.21. The smallest absolute Gasteiger partial charge is 0.294 e. The summed E-state index contributed by atoms with van der Waals surface area (Å²) in [4.78, 5) is 29.0. The predicted molar refractivity (Wildman–Crippen MR) is 58.1 cm³/mol. The molecule has 0 heterocycles. The maximum Gasteiger partial charge on any atom is 0.294 e. The van der Waals surface area contributed by atoms with Crippen LogP contribution in [0.25, 0.3) is 0 Å². The van der Waals surface area contributed by atoms with Gasteiger partial charge in [0.2, 0.25) is 0 Å². The molecule has 0 saturated carbocycles. The highest BCUT2D eigenvalue weighted by Gasteiger charge is 2.24. The van der Waals surface area contributed by atoms with Crippen LogP contribution >= 0.6 is 0 Å². The molecule has 100 valence electrons. The molecule has 0 aromatic rings. The quantitative estimate of drug-likeness (QED) is 0.457. The Morgan fingerprint density at radius 1 is 1.00 bits per heavy atom. The van der Waals surface area contributed by atoms with Crippen molar-refractivity contribution >= 4 is 0 Å². The summed E-state index contributed by atoms with van der Waals surface area (Å²) in [6.45, 7) is 5.44. The molecule has 0 fully saturated rings. The van der Waals surface area contributed by atoms with E-state index in [1.165, 1.54) is 6.92 Å². The van der Waals surface area contributed by atoms with Crippen LogP contribution in [0.1, 0.15) is 40.0 Å². The lowest BCUT2D eigenvalue weighted by Gasteiger charge is -2.20. The minimum atomic E-state index is -0.969. The Morgan fingerprint density at radius 3 is 1.94 bits per heavy atom. The molecule has 0 rings (SSSR count). The summed E-state index contributed by atoms with van der Waals surface area (Å²) in [5, 5.41) is 18.5. The average molecular weight is 250 g/mol. The molecule has 0 aliphatic heterocycles. The molecule has 0 aliphatic carbocycles. The first kappa shape index (κ1) is 15.4. The Labute approximate surface area is 99.1 Å². The van der Waals surface area contributed by atoms with E-state index in [9.17, 15) is 20.2 Å². The standard InChI is InChI=1S/C9H18N2O6/c1-7(2)5-4-6-9(17-11(14)15)8(3)16-10(12)13/h7-9H,4-6H2,1-3H3/t8-,9+/m1/s1. The van der Waals surface area contributed by atoms with Crippen LogP contribution < -0.4 is 0 Å². The molecule has 0 aliphatic rings. The van der Waals surface area contributed by atoms with E-state index in [2.05, 4.69) is 9.68 Å². The highest BCUT2D eigenvalue weighted by Crippen LogP contribution is 2.15. The van der Waals surface area contributed by atoms with E-state index < -0.39 is 22.4 Å². The molecule has 8 heteroatoms. The van der Waals surface area contributed by atoms with Gasteiger partial charge in [0.05, 0.1) is 0 Å². The van der Waals surface area contributed by atoms with Crippen molar-refractivity contribution in [1.29, 1.82) is 0 Å². The van der Waals surface area contributed by atoms with E-state index in [4.69, 9.17) is 0 Å². The number of hydrogen-bond acceptors (Lipinski definition) is 6. The van der Waals surface area contributed by atoms with E-state index in [0.717, 1.165) is 6.42 Å². The van der Waals surface area contributed by atoms with Crippen molar-refractivity contribution in [3.05, 3.63) is 20.2 Å². The molecule has 0 amide bonds. The van der Waals surface area contributed by atoms with Crippen molar-refractivity contribution in [3.63, 3.8) is 0 Å². The SMILES string of the molecule is CC(C)CCC[C@H](O[N+](=O)[O-])[C@@H](C)O[N+](=O)[O-]. The average Bonchev–Trinajstić information content (AvgIpc) is 2.13. The van der Waals surface area contributed by atoms with Crippen LogP contribution in [0.5, 0.6) is 0 Å². The Kier molecular flexibility index (Phi) is 6.92. The molecule has 0 aromatic carbocycles. The van der Waals surface area contributed by atoms with Gasteiger partial charge < -0.3 is 9.68 Å². The van der Waals surface area contributed by atoms with E-state index in [-0.39, 0.29) is 0 Å². The molecule has 0 aromatic heterocycles. The van der Waals surface area contributed by atoms with Gasteiger partial charge in [0.1, 0.15) is 12.2 Å². The lowest BCUT2D eigenvalue weighted by molar-refractivity contribution is -0.798. The van der Waals surface area contributed by atoms with E-state index >= 15 is 0 Å². The summed E-state index contributed by atoms with van der Waals surface area (Å²) in [6.07, 6.45) is 0.0649. The molecule has 0 unspecified atom stereocenters. The molecule has 0 spiro atoms. The van der Waals surface area contributed by atoms with Gasteiger partial charge in [-0.1, -0.05) is 26.7 Å². The van der Waals surface area contributed by atoms with Crippen LogP contribution in [0, 0.1) is 26.1 Å². The van der Waals surface area contributed by atoms with E-state index in [1.807, 2.05) is 13.8 Å². The highest BCUT2D eigenvalue weighted by atomic mass is 17.0. The van der Waals surface area contributed by atoms with Gasteiger partial charge in [-0.15, -0.1) is 20.2 Å². The zero-order chi connectivity index (χ0) is 13.4. The van der Waals surface area contributed by atoms with Crippen molar-refractivity contribution in [3.8, 4) is 0 Å². The molecule has 0 saturated heterocycles. The van der Waals surface area contributed by atoms with E-state index in [0.29, 0.717) is 18.8 Å². The van der Waals surface area contributed by atoms with Gasteiger partial charge in [-0.3, -0.25) is 0 Å². The minimum Gasteiger partial charge on any atom is -0.309 e. The zero-order valence-corrected chi connectivity index (χ0v) is 10.2. The molecular formula is C9H18N2O6. The van der Waals surface area contributed by atoms with Crippen molar-refractivity contribution < 1.29 is 19.8 Å². The van der Waals surface area contributed by atoms with Gasteiger partial charge in [-0.25, -0.2) is 0 Å². The second kappa shape index (κ2) is 7.64. The van der Waals surface area contributed by atoms with Crippen LogP contribution in [0.2, 0.25) is 0 Å². The highest BCUT2D eigenvalue weighted by molar-refractivity contribution is 4.64. The molecule has 0 bridgehead atoms. The van der Waals surface area contributed by atoms with Crippen LogP contribution in [-0.4, -0.2) is 22.4 Å². The second-order valence-electron chi connectivity index (χ2n) is 4.23. The summed E-state index contributed by atoms with van der Waals surface area (Å²) < 4.78 is 0. The monoisotopic (exact) mass is 250 g/mol.